The standard InChI is InChI=1S/C13H15ClFNO3/c1-7(17)8-2-3-16(6-8)13(19)10-4-9(15)5-11(14)12(10)18/h4-5,7-8,17-18H,2-3,6H2,1H3. The summed E-state index contributed by atoms with van der Waals surface area (Å²) >= 11 is 5.65. The van der Waals surface area contributed by atoms with Crippen LogP contribution in [0.4, 0.5) is 4.39 Å². The Morgan fingerprint density at radius 1 is 1.58 bits per heavy atom. The van der Waals surface area contributed by atoms with Crippen molar-refractivity contribution >= 4 is 17.5 Å². The summed E-state index contributed by atoms with van der Waals surface area (Å²) in [5.74, 6) is -1.54. The molecule has 1 fully saturated rings. The van der Waals surface area contributed by atoms with Crippen molar-refractivity contribution in [3.8, 4) is 5.75 Å². The van der Waals surface area contributed by atoms with Gasteiger partial charge in [-0.05, 0) is 25.5 Å². The molecule has 6 heteroatoms. The normalized spacial score (nSPS) is 20.6. The van der Waals surface area contributed by atoms with Crippen molar-refractivity contribution in [2.24, 2.45) is 5.92 Å². The van der Waals surface area contributed by atoms with Crippen LogP contribution in [0.2, 0.25) is 5.02 Å². The Bertz CT molecular complexity index is 507. The summed E-state index contributed by atoms with van der Waals surface area (Å²) in [4.78, 5) is 13.7. The predicted octanol–water partition coefficient (Wildman–Crippen LogP) is 2.03. The van der Waals surface area contributed by atoms with Gasteiger partial charge in [0.15, 0.2) is 0 Å². The molecular weight excluding hydrogens is 273 g/mol. The number of likely N-dealkylation sites (tertiary alicyclic amines) is 1. The van der Waals surface area contributed by atoms with Crippen LogP contribution in [0.15, 0.2) is 12.1 Å². The first-order chi connectivity index (χ1) is 8.90. The van der Waals surface area contributed by atoms with Gasteiger partial charge in [-0.15, -0.1) is 0 Å². The van der Waals surface area contributed by atoms with Crippen LogP contribution in [0.3, 0.4) is 0 Å². The van der Waals surface area contributed by atoms with Crippen molar-refractivity contribution in [2.45, 2.75) is 19.4 Å². The van der Waals surface area contributed by atoms with Crippen molar-refractivity contribution in [3.05, 3.63) is 28.5 Å². The van der Waals surface area contributed by atoms with E-state index in [0.29, 0.717) is 19.5 Å². The van der Waals surface area contributed by atoms with Gasteiger partial charge in [0.05, 0.1) is 16.7 Å². The molecule has 4 nitrogen and oxygen atoms in total. The molecule has 2 atom stereocenters. The maximum atomic E-state index is 13.3. The van der Waals surface area contributed by atoms with Gasteiger partial charge in [-0.25, -0.2) is 4.39 Å². The van der Waals surface area contributed by atoms with E-state index in [9.17, 15) is 19.4 Å². The summed E-state index contributed by atoms with van der Waals surface area (Å²) in [6, 6.07) is 1.93. The second-order valence-corrected chi connectivity index (χ2v) is 5.23. The van der Waals surface area contributed by atoms with E-state index in [1.165, 1.54) is 4.90 Å². The molecule has 104 valence electrons. The molecule has 0 aromatic heterocycles. The molecular formula is C13H15ClFNO3. The summed E-state index contributed by atoms with van der Waals surface area (Å²) in [5.41, 5.74) is -0.142. The van der Waals surface area contributed by atoms with Crippen molar-refractivity contribution in [1.29, 1.82) is 0 Å². The molecule has 1 heterocycles. The monoisotopic (exact) mass is 287 g/mol. The molecule has 0 radical (unpaired) electrons. The van der Waals surface area contributed by atoms with E-state index in [0.717, 1.165) is 12.1 Å². The van der Waals surface area contributed by atoms with E-state index in [2.05, 4.69) is 0 Å². The molecule has 2 unspecified atom stereocenters. The number of rotatable bonds is 2. The number of carbonyl (C=O) groups excluding carboxylic acids is 1. The van der Waals surface area contributed by atoms with E-state index in [1.807, 2.05) is 0 Å². The Morgan fingerprint density at radius 2 is 2.26 bits per heavy atom. The van der Waals surface area contributed by atoms with Gasteiger partial charge in [0.1, 0.15) is 11.6 Å². The molecule has 0 bridgehead atoms. The molecule has 0 spiro atoms. The highest BCUT2D eigenvalue weighted by molar-refractivity contribution is 6.32. The van der Waals surface area contributed by atoms with Crippen LogP contribution >= 0.6 is 11.6 Å². The molecule has 0 aliphatic carbocycles. The second-order valence-electron chi connectivity index (χ2n) is 4.82. The van der Waals surface area contributed by atoms with Gasteiger partial charge in [-0.1, -0.05) is 11.6 Å². The van der Waals surface area contributed by atoms with Gasteiger partial charge in [0, 0.05) is 19.0 Å². The lowest BCUT2D eigenvalue weighted by molar-refractivity contribution is 0.0759. The van der Waals surface area contributed by atoms with Crippen molar-refractivity contribution in [3.63, 3.8) is 0 Å². The zero-order valence-corrected chi connectivity index (χ0v) is 11.2. The third-order valence-corrected chi connectivity index (χ3v) is 3.74. The number of nitrogens with zero attached hydrogens (tertiary/aromatic N) is 1. The van der Waals surface area contributed by atoms with Crippen LogP contribution in [0, 0.1) is 11.7 Å². The van der Waals surface area contributed by atoms with Crippen molar-refractivity contribution in [1.82, 2.24) is 4.90 Å². The third-order valence-electron chi connectivity index (χ3n) is 3.45. The van der Waals surface area contributed by atoms with Crippen molar-refractivity contribution in [2.75, 3.05) is 13.1 Å². The average molecular weight is 288 g/mol. The van der Waals surface area contributed by atoms with Crippen LogP contribution in [0.5, 0.6) is 5.75 Å². The lowest BCUT2D eigenvalue weighted by Crippen LogP contribution is -2.30. The number of aromatic hydroxyl groups is 1. The minimum atomic E-state index is -0.669. The summed E-state index contributed by atoms with van der Waals surface area (Å²) in [7, 11) is 0. The Labute approximate surface area is 115 Å². The molecule has 1 aromatic rings. The molecule has 1 aliphatic heterocycles. The number of hydrogen-bond donors (Lipinski definition) is 2. The van der Waals surface area contributed by atoms with Crippen LogP contribution in [0.1, 0.15) is 23.7 Å². The number of amides is 1. The summed E-state index contributed by atoms with van der Waals surface area (Å²) in [5, 5.41) is 19.0. The highest BCUT2D eigenvalue weighted by Crippen LogP contribution is 2.31. The summed E-state index contributed by atoms with van der Waals surface area (Å²) in [6.07, 6.45) is 0.190. The number of phenols is 1. The van der Waals surface area contributed by atoms with Crippen LogP contribution in [-0.2, 0) is 0 Å². The number of carbonyl (C=O) groups is 1. The topological polar surface area (TPSA) is 60.8 Å². The fourth-order valence-electron chi connectivity index (χ4n) is 2.26. The zero-order valence-electron chi connectivity index (χ0n) is 10.4. The quantitative estimate of drug-likeness (QED) is 0.875. The number of aliphatic hydroxyl groups is 1. The first-order valence-corrected chi connectivity index (χ1v) is 6.43. The van der Waals surface area contributed by atoms with Crippen LogP contribution in [0.25, 0.3) is 0 Å². The second kappa shape index (κ2) is 5.35. The van der Waals surface area contributed by atoms with Gasteiger partial charge in [0.2, 0.25) is 0 Å². The fraction of sp³-hybridized carbons (Fsp3) is 0.462. The van der Waals surface area contributed by atoms with Gasteiger partial charge in [-0.3, -0.25) is 4.79 Å². The Kier molecular flexibility index (Phi) is 3.96. The van der Waals surface area contributed by atoms with Gasteiger partial charge in [-0.2, -0.15) is 0 Å². The van der Waals surface area contributed by atoms with Crippen molar-refractivity contribution < 1.29 is 19.4 Å². The number of phenolic OH excluding ortho intramolecular Hbond substituents is 1. The largest absolute Gasteiger partial charge is 0.506 e. The Balaban J connectivity index is 2.22. The molecule has 2 rings (SSSR count). The van der Waals surface area contributed by atoms with E-state index in [4.69, 9.17) is 11.6 Å². The molecule has 1 aliphatic rings. The Hall–Kier alpha value is -1.33. The molecule has 2 N–H and O–H groups in total. The first-order valence-electron chi connectivity index (χ1n) is 6.05. The van der Waals surface area contributed by atoms with E-state index in [1.54, 1.807) is 6.92 Å². The number of benzene rings is 1. The third kappa shape index (κ3) is 2.82. The number of halogens is 2. The maximum Gasteiger partial charge on any atom is 0.257 e. The fourth-order valence-corrected chi connectivity index (χ4v) is 2.47. The van der Waals surface area contributed by atoms with Crippen LogP contribution < -0.4 is 0 Å². The van der Waals surface area contributed by atoms with Gasteiger partial charge < -0.3 is 15.1 Å². The minimum absolute atomic E-state index is 0.00937. The minimum Gasteiger partial charge on any atom is -0.506 e. The van der Waals surface area contributed by atoms with E-state index < -0.39 is 23.6 Å². The van der Waals surface area contributed by atoms with E-state index in [-0.39, 0.29) is 16.5 Å². The molecule has 1 aromatic carbocycles. The lowest BCUT2D eigenvalue weighted by atomic mass is 10.0. The highest BCUT2D eigenvalue weighted by atomic mass is 35.5. The number of hydrogen-bond acceptors (Lipinski definition) is 3. The zero-order chi connectivity index (χ0) is 14.2. The van der Waals surface area contributed by atoms with Gasteiger partial charge >= 0.3 is 0 Å². The van der Waals surface area contributed by atoms with E-state index >= 15 is 0 Å². The average Bonchev–Trinajstić information content (AvgIpc) is 2.82. The summed E-state index contributed by atoms with van der Waals surface area (Å²) in [6.45, 7) is 2.54. The smallest absolute Gasteiger partial charge is 0.257 e. The molecule has 1 saturated heterocycles. The number of aliphatic hydroxyl groups excluding tert-OH is 1. The SMILES string of the molecule is CC(O)C1CCN(C(=O)c2cc(F)cc(Cl)c2O)C1. The lowest BCUT2D eigenvalue weighted by Gasteiger charge is -2.18. The molecule has 19 heavy (non-hydrogen) atoms. The summed E-state index contributed by atoms with van der Waals surface area (Å²) < 4.78 is 13.3. The predicted molar refractivity (Wildman–Crippen MR) is 68.8 cm³/mol. The molecule has 0 saturated carbocycles. The molecule has 1 amide bonds. The maximum absolute atomic E-state index is 13.3. The van der Waals surface area contributed by atoms with Crippen LogP contribution in [-0.4, -0.2) is 40.2 Å². The first kappa shape index (κ1) is 14.1. The van der Waals surface area contributed by atoms with Gasteiger partial charge in [0.25, 0.3) is 5.91 Å². The highest BCUT2D eigenvalue weighted by Gasteiger charge is 2.31. The Morgan fingerprint density at radius 3 is 2.84 bits per heavy atom.